The predicted molar refractivity (Wildman–Crippen MR) is 131 cm³/mol. The molecule has 0 spiro atoms. The van der Waals surface area contributed by atoms with Crippen molar-refractivity contribution in [2.75, 3.05) is 18.6 Å². The zero-order valence-corrected chi connectivity index (χ0v) is 20.8. The number of halogens is 1. The third-order valence-corrected chi connectivity index (χ3v) is 9.40. The van der Waals surface area contributed by atoms with Crippen LogP contribution >= 0.6 is 19.9 Å². The zero-order chi connectivity index (χ0) is 22.1. The molecule has 0 aliphatic rings. The number of rotatable bonds is 9. The summed E-state index contributed by atoms with van der Waals surface area (Å²) in [5.74, 6) is -0.736. The number of ether oxygens (including phenoxy) is 1. The Hall–Kier alpha value is -2.18. The van der Waals surface area contributed by atoms with Gasteiger partial charge in [0, 0.05) is 5.75 Å². The smallest absolute Gasteiger partial charge is 0.328 e. The summed E-state index contributed by atoms with van der Waals surface area (Å²) < 4.78 is 5.77. The first-order valence-electron chi connectivity index (χ1n) is 9.92. The Morgan fingerprint density at radius 2 is 1.25 bits per heavy atom. The monoisotopic (exact) mass is 532 g/mol. The molecule has 0 saturated heterocycles. The molecule has 0 aliphatic heterocycles. The molecule has 0 aliphatic carbocycles. The van der Waals surface area contributed by atoms with Crippen LogP contribution < -0.4 is 43.9 Å². The van der Waals surface area contributed by atoms with Crippen LogP contribution in [0.5, 0.6) is 0 Å². The first kappa shape index (κ1) is 26.1. The fourth-order valence-electron chi connectivity index (χ4n) is 3.31. The lowest BCUT2D eigenvalue weighted by Gasteiger charge is -2.26. The van der Waals surface area contributed by atoms with Crippen molar-refractivity contribution >= 4 is 47.7 Å². The first-order valence-corrected chi connectivity index (χ1v) is 12.5. The number of amides is 1. The number of hydrogen-bond acceptors (Lipinski definition) is 5. The molecular formula is C24H26BrN2O3PS. The van der Waals surface area contributed by atoms with Crippen molar-refractivity contribution in [2.45, 2.75) is 6.04 Å². The molecule has 5 nitrogen and oxygen atoms in total. The van der Waals surface area contributed by atoms with E-state index in [1.54, 1.807) is 0 Å². The summed E-state index contributed by atoms with van der Waals surface area (Å²) in [6, 6.07) is 29.6. The van der Waals surface area contributed by atoms with Gasteiger partial charge in [-0.15, -0.1) is 0 Å². The highest BCUT2D eigenvalue weighted by Gasteiger charge is 2.46. The Morgan fingerprint density at radius 1 is 0.844 bits per heavy atom. The maximum absolute atomic E-state index is 12.5. The van der Waals surface area contributed by atoms with Crippen LogP contribution in [0.3, 0.4) is 0 Å². The summed E-state index contributed by atoms with van der Waals surface area (Å²) in [5, 5.41) is 5.85. The molecule has 168 valence electrons. The Morgan fingerprint density at radius 3 is 1.62 bits per heavy atom. The van der Waals surface area contributed by atoms with E-state index >= 15 is 0 Å². The molecular weight excluding hydrogens is 507 g/mol. The molecule has 3 aromatic rings. The number of carbonyl (C=O) groups excluding carboxylic acids is 2. The molecule has 32 heavy (non-hydrogen) atoms. The third kappa shape index (κ3) is 6.20. The quantitative estimate of drug-likeness (QED) is 0.185. The number of esters is 1. The van der Waals surface area contributed by atoms with E-state index in [0.29, 0.717) is 0 Å². The lowest BCUT2D eigenvalue weighted by atomic mass is 10.3. The van der Waals surface area contributed by atoms with Gasteiger partial charge >= 0.3 is 5.97 Å². The summed E-state index contributed by atoms with van der Waals surface area (Å²) >= 11 is 4.00. The Kier molecular flexibility index (Phi) is 10.4. The molecule has 0 fully saturated rings. The van der Waals surface area contributed by atoms with Crippen molar-refractivity contribution in [2.24, 2.45) is 5.73 Å². The van der Waals surface area contributed by atoms with Crippen molar-refractivity contribution in [3.05, 3.63) is 91.0 Å². The Balaban J connectivity index is 0.00000363. The van der Waals surface area contributed by atoms with Gasteiger partial charge in [0.2, 0.25) is 12.3 Å². The molecule has 0 heterocycles. The molecule has 3 rings (SSSR count). The summed E-state index contributed by atoms with van der Waals surface area (Å²) in [6.45, 7) is -0.237. The highest BCUT2D eigenvalue weighted by molar-refractivity contribution is 7.95. The van der Waals surface area contributed by atoms with Gasteiger partial charge in [0.05, 0.1) is 6.04 Å². The van der Waals surface area contributed by atoms with Gasteiger partial charge in [0.15, 0.2) is 7.26 Å². The van der Waals surface area contributed by atoms with Crippen molar-refractivity contribution < 1.29 is 31.3 Å². The molecule has 3 N–H and O–H groups in total. The lowest BCUT2D eigenvalue weighted by molar-refractivity contribution is -0.142. The third-order valence-electron chi connectivity index (χ3n) is 4.95. The van der Waals surface area contributed by atoms with E-state index < -0.39 is 25.2 Å². The van der Waals surface area contributed by atoms with E-state index in [4.69, 9.17) is 10.5 Å². The Bertz CT molecular complexity index is 897. The second kappa shape index (κ2) is 12.8. The van der Waals surface area contributed by atoms with Crippen molar-refractivity contribution in [1.82, 2.24) is 5.32 Å². The lowest BCUT2D eigenvalue weighted by Crippen LogP contribution is -3.00. The number of thiol groups is 1. The number of nitrogens with one attached hydrogen (secondary N) is 1. The number of hydrogen-bond donors (Lipinski definition) is 3. The summed E-state index contributed by atoms with van der Waals surface area (Å²) in [6.07, 6.45) is 0.193. The van der Waals surface area contributed by atoms with E-state index in [-0.39, 0.29) is 35.6 Å². The normalized spacial score (nSPS) is 11.7. The molecule has 0 unspecified atom stereocenters. The molecule has 1 atom stereocenters. The maximum atomic E-state index is 12.5. The average Bonchev–Trinajstić information content (AvgIpc) is 2.84. The second-order valence-corrected chi connectivity index (χ2v) is 10.8. The van der Waals surface area contributed by atoms with Gasteiger partial charge in [-0.1, -0.05) is 54.6 Å². The van der Waals surface area contributed by atoms with E-state index in [0.717, 1.165) is 15.9 Å². The molecule has 1 amide bonds. The minimum absolute atomic E-state index is 0. The highest BCUT2D eigenvalue weighted by Crippen LogP contribution is 2.55. The summed E-state index contributed by atoms with van der Waals surface area (Å²) in [7, 11) is -2.27. The standard InChI is InChI=1S/C24H25N2O3PS.BrH/c25-22(17-31)24(28)26-16-23(27)29-18-30(19-10-4-1-5-11-19,20-12-6-2-7-13-20)21-14-8-3-9-15-21;/h1-15,22H,16-18,25H2,(H-,26,28,31);1H/t22-;/m0./s1. The molecule has 0 bridgehead atoms. The molecule has 0 saturated carbocycles. The van der Waals surface area contributed by atoms with Gasteiger partial charge in [-0.3, -0.25) is 9.59 Å². The van der Waals surface area contributed by atoms with Crippen molar-refractivity contribution in [3.63, 3.8) is 0 Å². The fraction of sp³-hybridized carbons (Fsp3) is 0.167. The average molecular weight is 533 g/mol. The van der Waals surface area contributed by atoms with Crippen LogP contribution in [0.2, 0.25) is 0 Å². The predicted octanol–water partition coefficient (Wildman–Crippen LogP) is -1.14. The topological polar surface area (TPSA) is 81.4 Å². The van der Waals surface area contributed by atoms with E-state index in [1.165, 1.54) is 0 Å². The van der Waals surface area contributed by atoms with Crippen LogP contribution in [-0.2, 0) is 14.3 Å². The summed E-state index contributed by atoms with van der Waals surface area (Å²) in [5.41, 5.74) is 5.64. The van der Waals surface area contributed by atoms with Gasteiger partial charge in [-0.25, -0.2) is 0 Å². The zero-order valence-electron chi connectivity index (χ0n) is 17.4. The number of carbonyl (C=O) groups is 2. The van der Waals surface area contributed by atoms with Crippen LogP contribution in [0.1, 0.15) is 0 Å². The van der Waals surface area contributed by atoms with Crippen LogP contribution in [0.4, 0.5) is 0 Å². The van der Waals surface area contributed by atoms with Crippen LogP contribution in [0.25, 0.3) is 0 Å². The molecule has 0 aromatic heterocycles. The van der Waals surface area contributed by atoms with E-state index in [9.17, 15) is 9.59 Å². The number of benzene rings is 3. The SMILES string of the molecule is N[C@@H](CS)C(=O)NCC(=O)OC[P+](c1ccccc1)(c1ccccc1)c1ccccc1.[Br-]. The first-order chi connectivity index (χ1) is 15.1. The number of nitrogens with two attached hydrogens (primary N) is 1. The molecule has 3 aromatic carbocycles. The minimum Gasteiger partial charge on any atom is -1.00 e. The minimum atomic E-state index is -2.27. The van der Waals surface area contributed by atoms with Crippen molar-refractivity contribution in [1.29, 1.82) is 0 Å². The maximum Gasteiger partial charge on any atom is 0.328 e. The van der Waals surface area contributed by atoms with Gasteiger partial charge in [-0.05, 0) is 36.4 Å². The van der Waals surface area contributed by atoms with E-state index in [2.05, 4.69) is 54.3 Å². The van der Waals surface area contributed by atoms with Gasteiger partial charge in [0.1, 0.15) is 22.5 Å². The molecule has 0 radical (unpaired) electrons. The van der Waals surface area contributed by atoms with Gasteiger partial charge in [0.25, 0.3) is 0 Å². The second-order valence-electron chi connectivity index (χ2n) is 6.97. The fourth-order valence-corrected chi connectivity index (χ4v) is 7.20. The van der Waals surface area contributed by atoms with Crippen molar-refractivity contribution in [3.8, 4) is 0 Å². The highest BCUT2D eigenvalue weighted by atomic mass is 79.9. The van der Waals surface area contributed by atoms with Gasteiger partial charge < -0.3 is 32.8 Å². The Labute approximate surface area is 205 Å². The van der Waals surface area contributed by atoms with Crippen LogP contribution in [0, 0.1) is 0 Å². The molecule has 8 heteroatoms. The van der Waals surface area contributed by atoms with Crippen LogP contribution in [0.15, 0.2) is 91.0 Å². The summed E-state index contributed by atoms with van der Waals surface area (Å²) in [4.78, 5) is 24.4. The van der Waals surface area contributed by atoms with Crippen LogP contribution in [-0.4, -0.2) is 36.6 Å². The van der Waals surface area contributed by atoms with E-state index in [1.807, 2.05) is 54.6 Å². The van der Waals surface area contributed by atoms with Gasteiger partial charge in [-0.2, -0.15) is 12.6 Å². The largest absolute Gasteiger partial charge is 1.00 e.